The molecule has 9 heteroatoms. The number of carbonyl (C=O) groups excluding carboxylic acids is 3. The van der Waals surface area contributed by atoms with Crippen LogP contribution in [0.1, 0.15) is 39.1 Å². The lowest BCUT2D eigenvalue weighted by Gasteiger charge is -2.34. The van der Waals surface area contributed by atoms with Crippen LogP contribution in [0.4, 0.5) is 5.69 Å². The first-order valence-electron chi connectivity index (χ1n) is 13.5. The average Bonchev–Trinajstić information content (AvgIpc) is 3.25. The van der Waals surface area contributed by atoms with Crippen molar-refractivity contribution in [1.29, 1.82) is 0 Å². The zero-order valence-electron chi connectivity index (χ0n) is 22.3. The molecule has 3 heterocycles. The van der Waals surface area contributed by atoms with Crippen LogP contribution >= 0.6 is 0 Å². The second-order valence-electron chi connectivity index (χ2n) is 10.3. The maximum Gasteiger partial charge on any atom is 0.263 e. The van der Waals surface area contributed by atoms with Crippen molar-refractivity contribution in [2.45, 2.75) is 25.5 Å². The Balaban J connectivity index is 1.13. The standard InChI is InChI=1S/C31H31N3O6/c1-38-22-13-11-20(12-14-22)16-32-29(35)21-6-5-15-33(17-21)25-8-4-7-24-28(25)31(37)34(30(24)36)18-23-19-39-26-9-2-3-10-27(26)40-23/h2-4,7-14,21,23H,5-6,15-19H2,1H3,(H,32,35)/t21-,23-/m0/s1. The van der Waals surface area contributed by atoms with Gasteiger partial charge in [0.2, 0.25) is 5.91 Å². The molecule has 0 bridgehead atoms. The number of rotatable bonds is 7. The van der Waals surface area contributed by atoms with Gasteiger partial charge in [0.25, 0.3) is 11.8 Å². The van der Waals surface area contributed by atoms with E-state index >= 15 is 0 Å². The van der Waals surface area contributed by atoms with Crippen LogP contribution in [0.5, 0.6) is 17.2 Å². The Kier molecular flexibility index (Phi) is 7.02. The number of carbonyl (C=O) groups is 3. The molecule has 3 aromatic rings. The number of benzene rings is 3. The van der Waals surface area contributed by atoms with Gasteiger partial charge in [-0.1, -0.05) is 30.3 Å². The Hall–Kier alpha value is -4.53. The van der Waals surface area contributed by atoms with Crippen LogP contribution in [-0.4, -0.2) is 62.1 Å². The number of imide groups is 1. The highest BCUT2D eigenvalue weighted by Crippen LogP contribution is 2.36. The summed E-state index contributed by atoms with van der Waals surface area (Å²) in [5.41, 5.74) is 2.45. The minimum absolute atomic E-state index is 0.0214. The number of hydrogen-bond acceptors (Lipinski definition) is 7. The summed E-state index contributed by atoms with van der Waals surface area (Å²) >= 11 is 0. The summed E-state index contributed by atoms with van der Waals surface area (Å²) in [5, 5.41) is 3.04. The molecule has 0 unspecified atom stereocenters. The monoisotopic (exact) mass is 541 g/mol. The molecule has 0 radical (unpaired) electrons. The molecule has 3 aliphatic heterocycles. The number of ether oxygens (including phenoxy) is 3. The van der Waals surface area contributed by atoms with Crippen molar-refractivity contribution < 1.29 is 28.6 Å². The van der Waals surface area contributed by atoms with Gasteiger partial charge < -0.3 is 24.4 Å². The largest absolute Gasteiger partial charge is 0.497 e. The van der Waals surface area contributed by atoms with Crippen LogP contribution in [0, 0.1) is 5.92 Å². The first-order valence-corrected chi connectivity index (χ1v) is 13.5. The third kappa shape index (κ3) is 4.95. The summed E-state index contributed by atoms with van der Waals surface area (Å²) in [6, 6.07) is 20.3. The lowest BCUT2D eigenvalue weighted by atomic mass is 9.95. The SMILES string of the molecule is COc1ccc(CNC(=O)[C@H]2CCCN(c3cccc4c3C(=O)N(C[C@H]3COc5ccccc5O3)C4=O)C2)cc1. The topological polar surface area (TPSA) is 97.4 Å². The third-order valence-electron chi connectivity index (χ3n) is 7.69. The Labute approximate surface area is 232 Å². The van der Waals surface area contributed by atoms with E-state index in [0.29, 0.717) is 47.9 Å². The van der Waals surface area contributed by atoms with E-state index in [9.17, 15) is 14.4 Å². The number of fused-ring (bicyclic) bond motifs is 2. The van der Waals surface area contributed by atoms with Crippen LogP contribution in [0.25, 0.3) is 0 Å². The molecule has 3 amide bonds. The zero-order chi connectivity index (χ0) is 27.6. The number of hydrogen-bond donors (Lipinski definition) is 1. The van der Waals surface area contributed by atoms with E-state index in [1.54, 1.807) is 19.2 Å². The molecule has 0 aromatic heterocycles. The van der Waals surface area contributed by atoms with E-state index in [4.69, 9.17) is 14.2 Å². The summed E-state index contributed by atoms with van der Waals surface area (Å²) in [6.07, 6.45) is 1.11. The molecule has 0 aliphatic carbocycles. The Morgan fingerprint density at radius 1 is 1.00 bits per heavy atom. The molecule has 1 N–H and O–H groups in total. The maximum absolute atomic E-state index is 13.6. The summed E-state index contributed by atoms with van der Waals surface area (Å²) < 4.78 is 17.0. The number of piperidine rings is 1. The highest BCUT2D eigenvalue weighted by molar-refractivity contribution is 6.23. The summed E-state index contributed by atoms with van der Waals surface area (Å²) in [5.74, 6) is 1.09. The van der Waals surface area contributed by atoms with E-state index in [1.807, 2.05) is 54.6 Å². The number of para-hydroxylation sites is 2. The summed E-state index contributed by atoms with van der Waals surface area (Å²) in [4.78, 5) is 43.3. The highest BCUT2D eigenvalue weighted by atomic mass is 16.6. The van der Waals surface area contributed by atoms with Crippen LogP contribution in [-0.2, 0) is 11.3 Å². The molecule has 0 spiro atoms. The first kappa shape index (κ1) is 25.7. The molecule has 1 fully saturated rings. The Bertz CT molecular complexity index is 1440. The lowest BCUT2D eigenvalue weighted by Crippen LogP contribution is -2.44. The molecule has 0 saturated carbocycles. The van der Waals surface area contributed by atoms with E-state index in [2.05, 4.69) is 10.2 Å². The molecular weight excluding hydrogens is 510 g/mol. The molecule has 3 aliphatic rings. The van der Waals surface area contributed by atoms with Gasteiger partial charge >= 0.3 is 0 Å². The van der Waals surface area contributed by atoms with Crippen molar-refractivity contribution in [3.05, 3.63) is 83.4 Å². The van der Waals surface area contributed by atoms with E-state index < -0.39 is 6.10 Å². The minimum Gasteiger partial charge on any atom is -0.497 e. The van der Waals surface area contributed by atoms with Crippen molar-refractivity contribution in [3.8, 4) is 17.2 Å². The molecular formula is C31H31N3O6. The van der Waals surface area contributed by atoms with Crippen LogP contribution in [0.2, 0.25) is 0 Å². The second kappa shape index (κ2) is 10.9. The fourth-order valence-electron chi connectivity index (χ4n) is 5.59. The van der Waals surface area contributed by atoms with Gasteiger partial charge in [-0.2, -0.15) is 0 Å². The van der Waals surface area contributed by atoms with Gasteiger partial charge in [0.05, 0.1) is 36.4 Å². The molecule has 40 heavy (non-hydrogen) atoms. The summed E-state index contributed by atoms with van der Waals surface area (Å²) in [7, 11) is 1.62. The van der Waals surface area contributed by atoms with Gasteiger partial charge in [-0.15, -0.1) is 0 Å². The molecule has 2 atom stereocenters. The molecule has 206 valence electrons. The quantitative estimate of drug-likeness (QED) is 0.456. The van der Waals surface area contributed by atoms with Crippen molar-refractivity contribution in [2.24, 2.45) is 5.92 Å². The van der Waals surface area contributed by atoms with Crippen LogP contribution in [0.3, 0.4) is 0 Å². The van der Waals surface area contributed by atoms with Crippen LogP contribution < -0.4 is 24.4 Å². The number of methoxy groups -OCH3 is 1. The van der Waals surface area contributed by atoms with Gasteiger partial charge in [-0.25, -0.2) is 0 Å². The van der Waals surface area contributed by atoms with Gasteiger partial charge in [0, 0.05) is 19.6 Å². The van der Waals surface area contributed by atoms with E-state index in [0.717, 1.165) is 24.2 Å². The number of amides is 3. The van der Waals surface area contributed by atoms with Gasteiger partial charge in [0.15, 0.2) is 17.6 Å². The molecule has 9 nitrogen and oxygen atoms in total. The zero-order valence-corrected chi connectivity index (χ0v) is 22.3. The number of nitrogens with one attached hydrogen (secondary N) is 1. The van der Waals surface area contributed by atoms with E-state index in [-0.39, 0.29) is 36.8 Å². The van der Waals surface area contributed by atoms with Gasteiger partial charge in [-0.3, -0.25) is 19.3 Å². The lowest BCUT2D eigenvalue weighted by molar-refractivity contribution is -0.125. The van der Waals surface area contributed by atoms with E-state index in [1.165, 1.54) is 4.90 Å². The van der Waals surface area contributed by atoms with Gasteiger partial charge in [-0.05, 0) is 54.8 Å². The Morgan fingerprint density at radius 3 is 2.60 bits per heavy atom. The highest BCUT2D eigenvalue weighted by Gasteiger charge is 2.41. The predicted molar refractivity (Wildman–Crippen MR) is 148 cm³/mol. The average molecular weight is 542 g/mol. The fourth-order valence-corrected chi connectivity index (χ4v) is 5.59. The normalized spacial score (nSPS) is 19.8. The van der Waals surface area contributed by atoms with Crippen molar-refractivity contribution in [3.63, 3.8) is 0 Å². The maximum atomic E-state index is 13.6. The first-order chi connectivity index (χ1) is 19.5. The number of nitrogens with zero attached hydrogens (tertiary/aromatic N) is 2. The van der Waals surface area contributed by atoms with Crippen molar-refractivity contribution in [2.75, 3.05) is 38.3 Å². The molecule has 6 rings (SSSR count). The smallest absolute Gasteiger partial charge is 0.263 e. The molecule has 3 aromatic carbocycles. The van der Waals surface area contributed by atoms with Crippen molar-refractivity contribution in [1.82, 2.24) is 10.2 Å². The minimum atomic E-state index is -0.464. The Morgan fingerprint density at radius 2 is 1.80 bits per heavy atom. The summed E-state index contributed by atoms with van der Waals surface area (Å²) in [6.45, 7) is 1.95. The fraction of sp³-hybridized carbons (Fsp3) is 0.323. The predicted octanol–water partition coefficient (Wildman–Crippen LogP) is 3.66. The third-order valence-corrected chi connectivity index (χ3v) is 7.69. The molecule has 1 saturated heterocycles. The second-order valence-corrected chi connectivity index (χ2v) is 10.3. The number of anilines is 1. The van der Waals surface area contributed by atoms with Crippen molar-refractivity contribution >= 4 is 23.4 Å². The van der Waals surface area contributed by atoms with Crippen LogP contribution in [0.15, 0.2) is 66.7 Å². The van der Waals surface area contributed by atoms with Gasteiger partial charge in [0.1, 0.15) is 12.4 Å².